The molecule has 1 saturated heterocycles. The zero-order valence-corrected chi connectivity index (χ0v) is 9.59. The normalized spacial score (nSPS) is 18.5. The Balaban J connectivity index is 2.23. The van der Waals surface area contributed by atoms with Crippen molar-refractivity contribution >= 4 is 11.2 Å². The summed E-state index contributed by atoms with van der Waals surface area (Å²) in [6.45, 7) is 1.32. The molecule has 90 valence electrons. The Morgan fingerprint density at radius 1 is 1.53 bits per heavy atom. The fourth-order valence-electron chi connectivity index (χ4n) is 2.32. The molecule has 0 aliphatic carbocycles. The molecular weight excluding hydrogens is 220 g/mol. The molecule has 1 aliphatic heterocycles. The SMILES string of the molecule is [2H]c1ncc2c(n1)n(C1CCOCC1)c(=O)n2C. The minimum absolute atomic E-state index is 0.0612. The van der Waals surface area contributed by atoms with Crippen LogP contribution in [0.15, 0.2) is 17.3 Å². The van der Waals surface area contributed by atoms with Crippen molar-refractivity contribution in [2.75, 3.05) is 13.2 Å². The molecular formula is C11H14N4O2. The number of ether oxygens (including phenoxy) is 1. The monoisotopic (exact) mass is 235 g/mol. The third-order valence-corrected chi connectivity index (χ3v) is 3.27. The Kier molecular flexibility index (Phi) is 2.18. The second-order valence-corrected chi connectivity index (χ2v) is 4.23. The summed E-state index contributed by atoms with van der Waals surface area (Å²) >= 11 is 0. The van der Waals surface area contributed by atoms with E-state index in [1.54, 1.807) is 11.6 Å². The highest BCUT2D eigenvalue weighted by Gasteiger charge is 2.22. The third kappa shape index (κ3) is 1.56. The van der Waals surface area contributed by atoms with Gasteiger partial charge in [0.2, 0.25) is 0 Å². The van der Waals surface area contributed by atoms with E-state index >= 15 is 0 Å². The zero-order valence-electron chi connectivity index (χ0n) is 10.6. The molecule has 2 aromatic heterocycles. The van der Waals surface area contributed by atoms with Crippen molar-refractivity contribution in [3.8, 4) is 0 Å². The second kappa shape index (κ2) is 3.96. The first-order valence-corrected chi connectivity index (χ1v) is 5.67. The van der Waals surface area contributed by atoms with E-state index < -0.39 is 0 Å². The van der Waals surface area contributed by atoms with Crippen LogP contribution >= 0.6 is 0 Å². The van der Waals surface area contributed by atoms with Gasteiger partial charge in [-0.2, -0.15) is 0 Å². The Morgan fingerprint density at radius 3 is 3.06 bits per heavy atom. The average molecular weight is 235 g/mol. The molecule has 2 aromatic rings. The molecule has 6 heteroatoms. The van der Waals surface area contributed by atoms with Crippen LogP contribution in [0.3, 0.4) is 0 Å². The van der Waals surface area contributed by atoms with Crippen molar-refractivity contribution < 1.29 is 6.11 Å². The lowest BCUT2D eigenvalue weighted by Gasteiger charge is -2.22. The molecule has 0 bridgehead atoms. The lowest BCUT2D eigenvalue weighted by Crippen LogP contribution is -2.29. The van der Waals surface area contributed by atoms with Crippen molar-refractivity contribution in [1.29, 1.82) is 0 Å². The van der Waals surface area contributed by atoms with Crippen LogP contribution < -0.4 is 5.69 Å². The molecule has 0 N–H and O–H groups in total. The van der Waals surface area contributed by atoms with Gasteiger partial charge in [0.25, 0.3) is 0 Å². The van der Waals surface area contributed by atoms with Crippen molar-refractivity contribution in [3.63, 3.8) is 0 Å². The lowest BCUT2D eigenvalue weighted by molar-refractivity contribution is 0.0695. The smallest absolute Gasteiger partial charge is 0.330 e. The van der Waals surface area contributed by atoms with Crippen molar-refractivity contribution in [1.82, 2.24) is 19.1 Å². The summed E-state index contributed by atoms with van der Waals surface area (Å²) in [5.74, 6) is 0. The number of nitrogens with zero attached hydrogens (tertiary/aromatic N) is 4. The predicted molar refractivity (Wildman–Crippen MR) is 61.9 cm³/mol. The minimum atomic E-state index is -0.100. The number of hydrogen-bond donors (Lipinski definition) is 0. The first kappa shape index (κ1) is 9.35. The average Bonchev–Trinajstić information content (AvgIpc) is 2.63. The van der Waals surface area contributed by atoms with E-state index in [4.69, 9.17) is 6.11 Å². The van der Waals surface area contributed by atoms with Gasteiger partial charge in [0.15, 0.2) is 5.65 Å². The van der Waals surface area contributed by atoms with Crippen LogP contribution in [-0.2, 0) is 11.8 Å². The van der Waals surface area contributed by atoms with Crippen LogP contribution in [0.5, 0.6) is 0 Å². The summed E-state index contributed by atoms with van der Waals surface area (Å²) in [6, 6.07) is 0.101. The fraction of sp³-hybridized carbons (Fsp3) is 0.545. The molecule has 0 atom stereocenters. The molecule has 3 rings (SSSR count). The van der Waals surface area contributed by atoms with Crippen molar-refractivity contribution in [3.05, 3.63) is 23.0 Å². The predicted octanol–water partition coefficient (Wildman–Crippen LogP) is 0.481. The highest BCUT2D eigenvalue weighted by molar-refractivity contribution is 5.70. The molecule has 17 heavy (non-hydrogen) atoms. The van der Waals surface area contributed by atoms with Gasteiger partial charge < -0.3 is 4.74 Å². The Hall–Kier alpha value is -1.69. The van der Waals surface area contributed by atoms with E-state index in [9.17, 15) is 4.79 Å². The van der Waals surface area contributed by atoms with Crippen molar-refractivity contribution in [2.24, 2.45) is 7.05 Å². The van der Waals surface area contributed by atoms with Crippen LogP contribution in [0.2, 0.25) is 0 Å². The van der Waals surface area contributed by atoms with Crippen LogP contribution in [0.25, 0.3) is 11.2 Å². The number of hydrogen-bond acceptors (Lipinski definition) is 4. The maximum absolute atomic E-state index is 12.3. The van der Waals surface area contributed by atoms with Crippen LogP contribution in [0.1, 0.15) is 20.3 Å². The summed E-state index contributed by atoms with van der Waals surface area (Å²) in [5.41, 5.74) is 1.12. The van der Waals surface area contributed by atoms with Gasteiger partial charge in [0.05, 0.1) is 6.20 Å². The van der Waals surface area contributed by atoms with Gasteiger partial charge in [-0.25, -0.2) is 14.8 Å². The van der Waals surface area contributed by atoms with Gasteiger partial charge in [0, 0.05) is 26.3 Å². The Morgan fingerprint density at radius 2 is 2.29 bits per heavy atom. The van der Waals surface area contributed by atoms with Gasteiger partial charge in [0.1, 0.15) is 13.2 Å². The van der Waals surface area contributed by atoms with Crippen LogP contribution in [-0.4, -0.2) is 32.3 Å². The first-order valence-electron chi connectivity index (χ1n) is 6.17. The van der Waals surface area contributed by atoms with Gasteiger partial charge in [-0.3, -0.25) is 9.13 Å². The Labute approximate surface area is 99.3 Å². The third-order valence-electron chi connectivity index (χ3n) is 3.27. The first-order chi connectivity index (χ1) is 8.68. The minimum Gasteiger partial charge on any atom is -0.381 e. The number of fused-ring (bicyclic) bond motifs is 1. The number of imidazole rings is 1. The number of aromatic nitrogens is 4. The summed E-state index contributed by atoms with van der Waals surface area (Å²) in [7, 11) is 1.70. The molecule has 6 nitrogen and oxygen atoms in total. The van der Waals surface area contributed by atoms with Gasteiger partial charge in [-0.15, -0.1) is 0 Å². The van der Waals surface area contributed by atoms with E-state index in [2.05, 4.69) is 9.97 Å². The summed E-state index contributed by atoms with van der Waals surface area (Å²) in [6.07, 6.45) is 3.07. The highest BCUT2D eigenvalue weighted by Crippen LogP contribution is 2.22. The number of rotatable bonds is 1. The maximum atomic E-state index is 12.3. The lowest BCUT2D eigenvalue weighted by atomic mass is 10.1. The molecule has 0 saturated carbocycles. The largest absolute Gasteiger partial charge is 0.381 e. The second-order valence-electron chi connectivity index (χ2n) is 4.23. The van der Waals surface area contributed by atoms with E-state index in [0.717, 1.165) is 12.8 Å². The molecule has 0 amide bonds. The fourth-order valence-corrected chi connectivity index (χ4v) is 2.32. The topological polar surface area (TPSA) is 61.9 Å². The molecule has 0 spiro atoms. The van der Waals surface area contributed by atoms with Gasteiger partial charge in [-0.05, 0) is 12.8 Å². The molecule has 1 aliphatic rings. The van der Waals surface area contributed by atoms with Crippen LogP contribution in [0.4, 0.5) is 0 Å². The molecule has 3 heterocycles. The van der Waals surface area contributed by atoms with E-state index in [-0.39, 0.29) is 18.0 Å². The summed E-state index contributed by atoms with van der Waals surface area (Å²) in [4.78, 5) is 20.2. The Bertz CT molecular complexity index is 642. The standard InChI is InChI=1S/C11H14N4O2/c1-14-9-6-12-7-13-10(9)15(11(14)16)8-2-4-17-5-3-8/h6-8H,2-5H2,1H3/i7D. The summed E-state index contributed by atoms with van der Waals surface area (Å²) < 4.78 is 16.0. The van der Waals surface area contributed by atoms with Crippen LogP contribution in [0, 0.1) is 0 Å². The van der Waals surface area contributed by atoms with E-state index in [1.807, 2.05) is 0 Å². The molecule has 0 radical (unpaired) electrons. The zero-order chi connectivity index (χ0) is 12.7. The molecule has 0 aromatic carbocycles. The molecule has 1 fully saturated rings. The van der Waals surface area contributed by atoms with Gasteiger partial charge >= 0.3 is 5.69 Å². The quantitative estimate of drug-likeness (QED) is 0.721. The van der Waals surface area contributed by atoms with Gasteiger partial charge in [-0.1, -0.05) is 0 Å². The summed E-state index contributed by atoms with van der Waals surface area (Å²) in [5, 5.41) is 0. The molecule has 0 unspecified atom stereocenters. The van der Waals surface area contributed by atoms with E-state index in [0.29, 0.717) is 24.4 Å². The highest BCUT2D eigenvalue weighted by atomic mass is 16.5. The van der Waals surface area contributed by atoms with E-state index in [1.165, 1.54) is 10.8 Å². The maximum Gasteiger partial charge on any atom is 0.330 e. The number of aryl methyl sites for hydroxylation is 1. The van der Waals surface area contributed by atoms with Crippen molar-refractivity contribution in [2.45, 2.75) is 18.9 Å².